The summed E-state index contributed by atoms with van der Waals surface area (Å²) in [5.41, 5.74) is 8.37. The Labute approximate surface area is 165 Å². The summed E-state index contributed by atoms with van der Waals surface area (Å²) in [6.07, 6.45) is 0.856. The van der Waals surface area contributed by atoms with E-state index in [2.05, 4.69) is 20.8 Å². The van der Waals surface area contributed by atoms with Gasteiger partial charge >= 0.3 is 0 Å². The van der Waals surface area contributed by atoms with Gasteiger partial charge in [0.15, 0.2) is 0 Å². The Hall–Kier alpha value is -1.56. The van der Waals surface area contributed by atoms with Crippen molar-refractivity contribution in [2.45, 2.75) is 33.2 Å². The van der Waals surface area contributed by atoms with Gasteiger partial charge in [-0.15, -0.1) is 23.7 Å². The fourth-order valence-electron chi connectivity index (χ4n) is 3.35. The first kappa shape index (κ1) is 20.7. The molecule has 0 radical (unpaired) electrons. The number of hydrogen-bond acceptors (Lipinski definition) is 4. The summed E-state index contributed by atoms with van der Waals surface area (Å²) in [5.74, 6) is 0.952. The molecule has 1 saturated heterocycles. The van der Waals surface area contributed by atoms with Crippen molar-refractivity contribution in [1.29, 1.82) is 0 Å². The number of thiophene rings is 1. The third-order valence-electron chi connectivity index (χ3n) is 5.13. The van der Waals surface area contributed by atoms with Crippen molar-refractivity contribution < 1.29 is 9.53 Å². The van der Waals surface area contributed by atoms with E-state index in [4.69, 9.17) is 10.5 Å². The Bertz CT molecular complexity index is 771. The molecule has 2 heterocycles. The van der Waals surface area contributed by atoms with Crippen molar-refractivity contribution in [3.8, 4) is 16.9 Å². The number of piperidine rings is 1. The molecule has 142 valence electrons. The van der Waals surface area contributed by atoms with Gasteiger partial charge in [-0.3, -0.25) is 4.79 Å². The number of carbonyl (C=O) groups excluding carboxylic acids is 1. The maximum absolute atomic E-state index is 13.0. The Morgan fingerprint density at radius 2 is 1.96 bits per heavy atom. The smallest absolute Gasteiger partial charge is 0.263 e. The van der Waals surface area contributed by atoms with Crippen LogP contribution in [0.4, 0.5) is 0 Å². The standard InChI is InChI=1S/C20H26N2O2S.ClH/c1-13-16(14-5-7-15(24-4)8-6-14)11-17(25-13)19(23)22-10-9-18(21)20(2,3)12-22;/h5-8,11,18H,9-10,12,21H2,1-4H3;1H. The highest BCUT2D eigenvalue weighted by molar-refractivity contribution is 7.14. The largest absolute Gasteiger partial charge is 0.497 e. The minimum Gasteiger partial charge on any atom is -0.497 e. The number of amides is 1. The maximum Gasteiger partial charge on any atom is 0.263 e. The number of ether oxygens (including phenoxy) is 1. The normalized spacial score (nSPS) is 19.0. The maximum atomic E-state index is 13.0. The zero-order chi connectivity index (χ0) is 18.2. The highest BCUT2D eigenvalue weighted by Crippen LogP contribution is 2.34. The van der Waals surface area contributed by atoms with Crippen molar-refractivity contribution in [1.82, 2.24) is 4.90 Å². The number of carbonyl (C=O) groups is 1. The van der Waals surface area contributed by atoms with Gasteiger partial charge < -0.3 is 15.4 Å². The van der Waals surface area contributed by atoms with Gasteiger partial charge in [-0.25, -0.2) is 0 Å². The van der Waals surface area contributed by atoms with Crippen LogP contribution in [0.5, 0.6) is 5.75 Å². The molecule has 1 aromatic heterocycles. The molecule has 0 bridgehead atoms. The third kappa shape index (κ3) is 4.05. The van der Waals surface area contributed by atoms with Crippen LogP contribution in [-0.2, 0) is 0 Å². The van der Waals surface area contributed by atoms with Gasteiger partial charge in [0.1, 0.15) is 5.75 Å². The van der Waals surface area contributed by atoms with Gasteiger partial charge in [0.05, 0.1) is 12.0 Å². The van der Waals surface area contributed by atoms with E-state index in [0.717, 1.165) is 39.6 Å². The number of hydrogen-bond donors (Lipinski definition) is 1. The average molecular weight is 395 g/mol. The zero-order valence-electron chi connectivity index (χ0n) is 15.7. The number of methoxy groups -OCH3 is 1. The van der Waals surface area contributed by atoms with Crippen LogP contribution in [0.15, 0.2) is 30.3 Å². The topological polar surface area (TPSA) is 55.6 Å². The Kier molecular flexibility index (Phi) is 6.37. The number of aryl methyl sites for hydroxylation is 1. The molecule has 1 amide bonds. The van der Waals surface area contributed by atoms with Crippen LogP contribution < -0.4 is 10.5 Å². The summed E-state index contributed by atoms with van der Waals surface area (Å²) in [7, 11) is 1.66. The average Bonchev–Trinajstić information content (AvgIpc) is 2.98. The number of nitrogens with two attached hydrogens (primary N) is 1. The van der Waals surface area contributed by atoms with Gasteiger partial charge in [0, 0.05) is 24.0 Å². The van der Waals surface area contributed by atoms with E-state index in [9.17, 15) is 4.79 Å². The predicted octanol–water partition coefficient (Wildman–Crippen LogP) is 4.35. The first-order chi connectivity index (χ1) is 11.8. The van der Waals surface area contributed by atoms with Crippen molar-refractivity contribution in [3.63, 3.8) is 0 Å². The molecular formula is C20H27ClN2O2S. The number of likely N-dealkylation sites (tertiary alicyclic amines) is 1. The molecule has 1 aliphatic heterocycles. The Morgan fingerprint density at radius 3 is 2.54 bits per heavy atom. The van der Waals surface area contributed by atoms with E-state index >= 15 is 0 Å². The molecular weight excluding hydrogens is 368 g/mol. The minimum atomic E-state index is -0.0426. The zero-order valence-corrected chi connectivity index (χ0v) is 17.4. The molecule has 3 rings (SSSR count). The molecule has 1 fully saturated rings. The lowest BCUT2D eigenvalue weighted by Gasteiger charge is -2.42. The fraction of sp³-hybridized carbons (Fsp3) is 0.450. The van der Waals surface area contributed by atoms with Crippen molar-refractivity contribution >= 4 is 29.7 Å². The number of halogens is 1. The van der Waals surface area contributed by atoms with E-state index in [1.165, 1.54) is 0 Å². The molecule has 0 saturated carbocycles. The lowest BCUT2D eigenvalue weighted by molar-refractivity contribution is 0.0537. The van der Waals surface area contributed by atoms with Gasteiger partial charge in [-0.2, -0.15) is 0 Å². The molecule has 1 aromatic carbocycles. The second-order valence-corrected chi connectivity index (χ2v) is 8.68. The predicted molar refractivity (Wildman–Crippen MR) is 111 cm³/mol. The van der Waals surface area contributed by atoms with Crippen molar-refractivity contribution in [2.24, 2.45) is 11.1 Å². The molecule has 4 nitrogen and oxygen atoms in total. The van der Waals surface area contributed by atoms with E-state index in [-0.39, 0.29) is 29.8 Å². The summed E-state index contributed by atoms with van der Waals surface area (Å²) >= 11 is 1.57. The highest BCUT2D eigenvalue weighted by atomic mass is 35.5. The van der Waals surface area contributed by atoms with Gasteiger partial charge in [0.25, 0.3) is 5.91 Å². The summed E-state index contributed by atoms with van der Waals surface area (Å²) < 4.78 is 5.22. The Morgan fingerprint density at radius 1 is 1.31 bits per heavy atom. The van der Waals surface area contributed by atoms with E-state index in [1.807, 2.05) is 35.2 Å². The molecule has 2 N–H and O–H groups in total. The van der Waals surface area contributed by atoms with Gasteiger partial charge in [-0.05, 0) is 48.1 Å². The third-order valence-corrected chi connectivity index (χ3v) is 6.17. The summed E-state index contributed by atoms with van der Waals surface area (Å²) in [5, 5.41) is 0. The summed E-state index contributed by atoms with van der Waals surface area (Å²) in [6.45, 7) is 7.79. The molecule has 0 spiro atoms. The van der Waals surface area contributed by atoms with Crippen molar-refractivity contribution in [3.05, 3.63) is 40.1 Å². The quantitative estimate of drug-likeness (QED) is 0.841. The van der Waals surface area contributed by atoms with Crippen LogP contribution in [0.25, 0.3) is 11.1 Å². The fourth-order valence-corrected chi connectivity index (χ4v) is 4.36. The first-order valence-electron chi connectivity index (χ1n) is 8.61. The highest BCUT2D eigenvalue weighted by Gasteiger charge is 2.36. The monoisotopic (exact) mass is 394 g/mol. The number of rotatable bonds is 3. The second-order valence-electron chi connectivity index (χ2n) is 7.42. The SMILES string of the molecule is COc1ccc(-c2cc(C(=O)N3CCC(N)C(C)(C)C3)sc2C)cc1.Cl. The van der Waals surface area contributed by atoms with Gasteiger partial charge in [0.2, 0.25) is 0 Å². The number of nitrogens with zero attached hydrogens (tertiary/aromatic N) is 1. The molecule has 1 unspecified atom stereocenters. The van der Waals surface area contributed by atoms with E-state index in [0.29, 0.717) is 6.54 Å². The molecule has 6 heteroatoms. The summed E-state index contributed by atoms with van der Waals surface area (Å²) in [6, 6.07) is 10.1. The second kappa shape index (κ2) is 7.99. The summed E-state index contributed by atoms with van der Waals surface area (Å²) in [4.78, 5) is 16.9. The molecule has 1 aliphatic rings. The van der Waals surface area contributed by atoms with Crippen LogP contribution in [-0.4, -0.2) is 37.0 Å². The van der Waals surface area contributed by atoms with Crippen LogP contribution in [0.3, 0.4) is 0 Å². The molecule has 2 aromatic rings. The van der Waals surface area contributed by atoms with Crippen LogP contribution in [0.2, 0.25) is 0 Å². The molecule has 1 atom stereocenters. The van der Waals surface area contributed by atoms with Crippen LogP contribution >= 0.6 is 23.7 Å². The lowest BCUT2D eigenvalue weighted by Crippen LogP contribution is -2.53. The van der Waals surface area contributed by atoms with E-state index in [1.54, 1.807) is 18.4 Å². The lowest BCUT2D eigenvalue weighted by atomic mass is 9.79. The van der Waals surface area contributed by atoms with Crippen molar-refractivity contribution in [2.75, 3.05) is 20.2 Å². The van der Waals surface area contributed by atoms with E-state index < -0.39 is 0 Å². The first-order valence-corrected chi connectivity index (χ1v) is 9.43. The number of benzene rings is 1. The minimum absolute atomic E-state index is 0. The van der Waals surface area contributed by atoms with Crippen LogP contribution in [0, 0.1) is 12.3 Å². The van der Waals surface area contributed by atoms with Crippen LogP contribution in [0.1, 0.15) is 34.8 Å². The molecule has 26 heavy (non-hydrogen) atoms. The Balaban J connectivity index is 0.00000243. The van der Waals surface area contributed by atoms with Gasteiger partial charge in [-0.1, -0.05) is 26.0 Å². The molecule has 0 aliphatic carbocycles.